The number of nitrogens with one attached hydrogen (secondary N) is 1. The van der Waals surface area contributed by atoms with Gasteiger partial charge < -0.3 is 9.32 Å². The highest BCUT2D eigenvalue weighted by molar-refractivity contribution is 5.48. The Kier molecular flexibility index (Phi) is 2.32. The number of hydrogen-bond donors (Lipinski definition) is 1. The van der Waals surface area contributed by atoms with Gasteiger partial charge >= 0.3 is 0 Å². The van der Waals surface area contributed by atoms with E-state index in [1.165, 1.54) is 0 Å². The standard InChI is InChI=1S/C9H13N5O/c1-13(2)9-12-11-8(14(9)3)10-7-5-4-6-15-7/h4-6H,1-3H3,(H,10,11). The van der Waals surface area contributed by atoms with Crippen LogP contribution in [0.5, 0.6) is 0 Å². The molecular weight excluding hydrogens is 194 g/mol. The zero-order valence-electron chi connectivity index (χ0n) is 8.93. The van der Waals surface area contributed by atoms with E-state index in [-0.39, 0.29) is 0 Å². The molecule has 2 aromatic heterocycles. The van der Waals surface area contributed by atoms with E-state index in [0.717, 1.165) is 5.95 Å². The summed E-state index contributed by atoms with van der Waals surface area (Å²) in [5.41, 5.74) is 0. The van der Waals surface area contributed by atoms with Crippen LogP contribution < -0.4 is 10.2 Å². The first-order chi connectivity index (χ1) is 7.18. The monoisotopic (exact) mass is 207 g/mol. The van der Waals surface area contributed by atoms with Crippen molar-refractivity contribution in [2.75, 3.05) is 24.3 Å². The zero-order chi connectivity index (χ0) is 10.8. The summed E-state index contributed by atoms with van der Waals surface area (Å²) in [7, 11) is 5.72. The molecule has 0 amide bonds. The lowest BCUT2D eigenvalue weighted by Gasteiger charge is -2.10. The van der Waals surface area contributed by atoms with Crippen LogP contribution in [-0.4, -0.2) is 28.9 Å². The van der Waals surface area contributed by atoms with Gasteiger partial charge in [-0.25, -0.2) is 0 Å². The van der Waals surface area contributed by atoms with Crippen molar-refractivity contribution in [1.82, 2.24) is 14.8 Å². The van der Waals surface area contributed by atoms with Crippen LogP contribution in [0.1, 0.15) is 0 Å². The summed E-state index contributed by atoms with van der Waals surface area (Å²) < 4.78 is 7.01. The van der Waals surface area contributed by atoms with Gasteiger partial charge in [-0.05, 0) is 6.07 Å². The summed E-state index contributed by atoms with van der Waals surface area (Å²) in [6.45, 7) is 0. The van der Waals surface area contributed by atoms with Gasteiger partial charge in [-0.3, -0.25) is 9.88 Å². The highest BCUT2D eigenvalue weighted by Gasteiger charge is 2.10. The summed E-state index contributed by atoms with van der Waals surface area (Å²) in [5.74, 6) is 2.08. The molecule has 6 heteroatoms. The van der Waals surface area contributed by atoms with Crippen LogP contribution in [0.4, 0.5) is 17.8 Å². The zero-order valence-corrected chi connectivity index (χ0v) is 8.93. The quantitative estimate of drug-likeness (QED) is 0.820. The molecule has 2 heterocycles. The predicted molar refractivity (Wildman–Crippen MR) is 57.3 cm³/mol. The Hall–Kier alpha value is -1.98. The Bertz CT molecular complexity index is 431. The van der Waals surface area contributed by atoms with Crippen LogP contribution in [-0.2, 0) is 7.05 Å². The Morgan fingerprint density at radius 3 is 2.73 bits per heavy atom. The Morgan fingerprint density at radius 1 is 1.40 bits per heavy atom. The van der Waals surface area contributed by atoms with Gasteiger partial charge in [-0.1, -0.05) is 0 Å². The van der Waals surface area contributed by atoms with E-state index in [4.69, 9.17) is 4.42 Å². The van der Waals surface area contributed by atoms with E-state index in [1.54, 1.807) is 6.26 Å². The first-order valence-corrected chi connectivity index (χ1v) is 4.55. The van der Waals surface area contributed by atoms with Crippen molar-refractivity contribution in [3.8, 4) is 0 Å². The molecule has 0 aliphatic rings. The Balaban J connectivity index is 2.23. The van der Waals surface area contributed by atoms with Gasteiger partial charge in [0.1, 0.15) is 0 Å². The second-order valence-corrected chi connectivity index (χ2v) is 3.38. The summed E-state index contributed by atoms with van der Waals surface area (Å²) >= 11 is 0. The average molecular weight is 207 g/mol. The normalized spacial score (nSPS) is 10.3. The number of rotatable bonds is 3. The van der Waals surface area contributed by atoms with Crippen LogP contribution >= 0.6 is 0 Å². The molecule has 0 radical (unpaired) electrons. The molecule has 0 saturated carbocycles. The van der Waals surface area contributed by atoms with E-state index >= 15 is 0 Å². The van der Waals surface area contributed by atoms with E-state index in [0.29, 0.717) is 11.8 Å². The van der Waals surface area contributed by atoms with Crippen LogP contribution in [0.25, 0.3) is 0 Å². The van der Waals surface area contributed by atoms with E-state index in [1.807, 2.05) is 42.7 Å². The van der Waals surface area contributed by atoms with E-state index in [2.05, 4.69) is 15.5 Å². The maximum Gasteiger partial charge on any atom is 0.232 e. The van der Waals surface area contributed by atoms with Crippen LogP contribution in [0.3, 0.4) is 0 Å². The second-order valence-electron chi connectivity index (χ2n) is 3.38. The molecule has 0 saturated heterocycles. The number of nitrogens with zero attached hydrogens (tertiary/aromatic N) is 4. The van der Waals surface area contributed by atoms with Crippen molar-refractivity contribution in [1.29, 1.82) is 0 Å². The number of anilines is 3. The number of furan rings is 1. The number of aromatic nitrogens is 3. The van der Waals surface area contributed by atoms with Gasteiger partial charge in [0.2, 0.25) is 11.9 Å². The molecular formula is C9H13N5O. The summed E-state index contributed by atoms with van der Waals surface area (Å²) in [6.07, 6.45) is 1.60. The minimum atomic E-state index is 0.647. The maximum atomic E-state index is 5.16. The molecule has 0 aliphatic heterocycles. The van der Waals surface area contributed by atoms with Gasteiger partial charge in [0, 0.05) is 27.2 Å². The third-order valence-corrected chi connectivity index (χ3v) is 2.01. The highest BCUT2D eigenvalue weighted by Crippen LogP contribution is 2.17. The highest BCUT2D eigenvalue weighted by atomic mass is 16.3. The topological polar surface area (TPSA) is 59.1 Å². The molecule has 0 fully saturated rings. The summed E-state index contributed by atoms with van der Waals surface area (Å²) in [5, 5.41) is 11.1. The van der Waals surface area contributed by atoms with Crippen molar-refractivity contribution < 1.29 is 4.42 Å². The van der Waals surface area contributed by atoms with Crippen molar-refractivity contribution in [3.05, 3.63) is 18.4 Å². The molecule has 0 aromatic carbocycles. The lowest BCUT2D eigenvalue weighted by Crippen LogP contribution is -2.14. The molecule has 0 bridgehead atoms. The summed E-state index contributed by atoms with van der Waals surface area (Å²) in [6, 6.07) is 3.63. The molecule has 2 rings (SSSR count). The van der Waals surface area contributed by atoms with Crippen LogP contribution in [0.15, 0.2) is 22.8 Å². The molecule has 0 spiro atoms. The van der Waals surface area contributed by atoms with Gasteiger partial charge in [0.25, 0.3) is 0 Å². The van der Waals surface area contributed by atoms with Gasteiger partial charge in [0.05, 0.1) is 6.26 Å². The Labute approximate surface area is 87.5 Å². The van der Waals surface area contributed by atoms with Crippen molar-refractivity contribution >= 4 is 17.8 Å². The molecule has 6 nitrogen and oxygen atoms in total. The fourth-order valence-corrected chi connectivity index (χ4v) is 1.28. The fourth-order valence-electron chi connectivity index (χ4n) is 1.28. The fraction of sp³-hybridized carbons (Fsp3) is 0.333. The molecule has 80 valence electrons. The molecule has 1 N–H and O–H groups in total. The number of hydrogen-bond acceptors (Lipinski definition) is 5. The maximum absolute atomic E-state index is 5.16. The minimum Gasteiger partial charge on any atom is -0.449 e. The predicted octanol–water partition coefficient (Wildman–Crippen LogP) is 1.22. The largest absolute Gasteiger partial charge is 0.449 e. The third kappa shape index (κ3) is 1.78. The third-order valence-electron chi connectivity index (χ3n) is 2.01. The van der Waals surface area contributed by atoms with Crippen LogP contribution in [0.2, 0.25) is 0 Å². The second kappa shape index (κ2) is 3.64. The first kappa shape index (κ1) is 9.57. The molecule has 2 aromatic rings. The first-order valence-electron chi connectivity index (χ1n) is 4.55. The van der Waals surface area contributed by atoms with E-state index < -0.39 is 0 Å². The molecule has 0 atom stereocenters. The van der Waals surface area contributed by atoms with Crippen molar-refractivity contribution in [3.63, 3.8) is 0 Å². The van der Waals surface area contributed by atoms with Crippen molar-refractivity contribution in [2.45, 2.75) is 0 Å². The SMILES string of the molecule is CN(C)c1nnc(Nc2ccco2)n1C. The van der Waals surface area contributed by atoms with Gasteiger partial charge in [-0.2, -0.15) is 0 Å². The average Bonchev–Trinajstić information content (AvgIpc) is 2.78. The van der Waals surface area contributed by atoms with Crippen LogP contribution in [0, 0.1) is 0 Å². The lowest BCUT2D eigenvalue weighted by atomic mass is 10.6. The smallest absolute Gasteiger partial charge is 0.232 e. The molecule has 0 unspecified atom stereocenters. The van der Waals surface area contributed by atoms with E-state index in [9.17, 15) is 0 Å². The van der Waals surface area contributed by atoms with Gasteiger partial charge in [0.15, 0.2) is 5.88 Å². The van der Waals surface area contributed by atoms with Gasteiger partial charge in [-0.15, -0.1) is 10.2 Å². The Morgan fingerprint density at radius 2 is 2.20 bits per heavy atom. The van der Waals surface area contributed by atoms with Crippen molar-refractivity contribution in [2.24, 2.45) is 7.05 Å². The molecule has 15 heavy (non-hydrogen) atoms. The minimum absolute atomic E-state index is 0.647. The lowest BCUT2D eigenvalue weighted by molar-refractivity contribution is 0.583. The summed E-state index contributed by atoms with van der Waals surface area (Å²) in [4.78, 5) is 1.89. The molecule has 0 aliphatic carbocycles.